The molecule has 0 bridgehead atoms. The van der Waals surface area contributed by atoms with Crippen LogP contribution in [0.1, 0.15) is 40.5 Å². The molecule has 0 unspecified atom stereocenters. The number of hydrogen-bond donors (Lipinski definition) is 0. The van der Waals surface area contributed by atoms with Crippen molar-refractivity contribution >= 4 is 28.8 Å². The van der Waals surface area contributed by atoms with Crippen LogP contribution in [0.4, 0.5) is 13.2 Å². The molecule has 0 spiro atoms. The van der Waals surface area contributed by atoms with Gasteiger partial charge in [-0.2, -0.15) is 18.3 Å². The molecule has 3 aromatic rings. The number of nitrogens with zero attached hydrogens (tertiary/aromatic N) is 3. The van der Waals surface area contributed by atoms with Gasteiger partial charge in [-0.1, -0.05) is 42.4 Å². The topological polar surface area (TPSA) is 38.1 Å². The second-order valence-corrected chi connectivity index (χ2v) is 10.3. The van der Waals surface area contributed by atoms with E-state index in [2.05, 4.69) is 11.7 Å². The molecular weight excluding hydrogens is 471 g/mol. The Hall–Kier alpha value is -2.58. The zero-order valence-corrected chi connectivity index (χ0v) is 19.2. The Bertz CT molecular complexity index is 1230. The smallest absolute Gasteiger partial charge is 0.333 e. The van der Waals surface area contributed by atoms with E-state index in [0.717, 1.165) is 23.3 Å². The Morgan fingerprint density at radius 1 is 1.24 bits per heavy atom. The quantitative estimate of drug-likeness (QED) is 0.390. The molecule has 0 radical (unpaired) electrons. The van der Waals surface area contributed by atoms with Gasteiger partial charge in [0.1, 0.15) is 0 Å². The van der Waals surface area contributed by atoms with E-state index < -0.39 is 11.9 Å². The highest BCUT2D eigenvalue weighted by Crippen LogP contribution is 2.45. The van der Waals surface area contributed by atoms with E-state index in [4.69, 9.17) is 11.6 Å². The third-order valence-corrected chi connectivity index (χ3v) is 7.47. The van der Waals surface area contributed by atoms with E-state index in [1.165, 1.54) is 28.3 Å². The third kappa shape index (κ3) is 4.34. The molecule has 1 aromatic carbocycles. The summed E-state index contributed by atoms with van der Waals surface area (Å²) in [5.41, 5.74) is 1.32. The maximum atomic E-state index is 14.0. The lowest BCUT2D eigenvalue weighted by Crippen LogP contribution is -2.37. The molecule has 1 aliphatic heterocycles. The predicted molar refractivity (Wildman–Crippen MR) is 122 cm³/mol. The molecule has 0 saturated heterocycles. The number of amides is 1. The molecule has 172 valence electrons. The summed E-state index contributed by atoms with van der Waals surface area (Å²) >= 11 is 7.69. The fraction of sp³-hybridized carbons (Fsp3) is 0.333. The fourth-order valence-electron chi connectivity index (χ4n) is 4.48. The van der Waals surface area contributed by atoms with Crippen molar-refractivity contribution in [3.63, 3.8) is 0 Å². The van der Waals surface area contributed by atoms with Gasteiger partial charge in [0.2, 0.25) is 5.91 Å². The molecule has 1 atom stereocenters. The van der Waals surface area contributed by atoms with Gasteiger partial charge in [0.25, 0.3) is 0 Å². The van der Waals surface area contributed by atoms with Crippen LogP contribution in [-0.2, 0) is 24.1 Å². The minimum atomic E-state index is -4.58. The first-order valence-electron chi connectivity index (χ1n) is 10.7. The zero-order valence-electron chi connectivity index (χ0n) is 17.6. The molecular formula is C24H21ClF3N3OS. The minimum Gasteiger partial charge on any atom is -0.333 e. The van der Waals surface area contributed by atoms with Gasteiger partial charge in [0, 0.05) is 35.6 Å². The molecule has 2 aliphatic rings. The summed E-state index contributed by atoms with van der Waals surface area (Å²) in [5, 5.41) is 3.92. The summed E-state index contributed by atoms with van der Waals surface area (Å²) in [5.74, 6) is -0.146. The Kier molecular flexibility index (Phi) is 5.61. The number of rotatable bonds is 5. The number of carbonyl (C=O) groups is 1. The molecule has 0 N–H and O–H groups in total. The Morgan fingerprint density at radius 3 is 2.70 bits per heavy atom. The summed E-state index contributed by atoms with van der Waals surface area (Å²) < 4.78 is 43.9. The number of hydrogen-bond acceptors (Lipinski definition) is 3. The lowest BCUT2D eigenvalue weighted by Gasteiger charge is -2.33. The molecule has 1 fully saturated rings. The lowest BCUT2D eigenvalue weighted by molar-refractivity contribution is -0.141. The number of halogens is 4. The first kappa shape index (κ1) is 22.2. The maximum Gasteiger partial charge on any atom is 0.435 e. The van der Waals surface area contributed by atoms with Crippen molar-refractivity contribution in [2.45, 2.75) is 38.0 Å². The monoisotopic (exact) mass is 491 g/mol. The van der Waals surface area contributed by atoms with E-state index in [0.29, 0.717) is 41.0 Å². The SMILES string of the molecule is C=CC(=O)N1Cc2sc(Cl)cc2[C@H](c2ccccc2-c2cn(CC3CC3)nc2C(F)(F)F)C1. The van der Waals surface area contributed by atoms with E-state index in [1.807, 2.05) is 18.2 Å². The number of carbonyl (C=O) groups excluding carboxylic acids is 1. The van der Waals surface area contributed by atoms with Crippen LogP contribution in [0.5, 0.6) is 0 Å². The molecule has 1 amide bonds. The van der Waals surface area contributed by atoms with E-state index in [-0.39, 0.29) is 17.4 Å². The second-order valence-electron chi connectivity index (χ2n) is 8.55. The third-order valence-electron chi connectivity index (χ3n) is 6.21. The fourth-order valence-corrected chi connectivity index (χ4v) is 5.84. The summed E-state index contributed by atoms with van der Waals surface area (Å²) in [6.45, 7) is 4.81. The summed E-state index contributed by atoms with van der Waals surface area (Å²) in [6.07, 6.45) is 0.226. The van der Waals surface area contributed by atoms with Gasteiger partial charge in [-0.25, -0.2) is 0 Å². The van der Waals surface area contributed by atoms with Crippen molar-refractivity contribution in [3.8, 4) is 11.1 Å². The standard InChI is InChI=1S/C24H21ClF3N3OS/c1-2-22(32)30-11-18(17-9-21(25)33-20(17)13-30)15-5-3-4-6-16(15)19-12-31(10-14-7-8-14)29-23(19)24(26,27)28/h2-6,9,12,14,18H,1,7-8,10-11,13H2/t18-/m0/s1. The average Bonchev–Trinajstić information content (AvgIpc) is 3.34. The van der Waals surface area contributed by atoms with Crippen LogP contribution >= 0.6 is 22.9 Å². The van der Waals surface area contributed by atoms with Crippen LogP contribution in [-0.4, -0.2) is 27.1 Å². The molecule has 33 heavy (non-hydrogen) atoms. The number of alkyl halides is 3. The first-order chi connectivity index (χ1) is 15.7. The summed E-state index contributed by atoms with van der Waals surface area (Å²) in [6, 6.07) is 8.93. The van der Waals surface area contributed by atoms with Gasteiger partial charge in [-0.3, -0.25) is 9.48 Å². The number of benzene rings is 1. The van der Waals surface area contributed by atoms with E-state index in [9.17, 15) is 18.0 Å². The average molecular weight is 492 g/mol. The van der Waals surface area contributed by atoms with Crippen LogP contribution in [0.25, 0.3) is 11.1 Å². The molecule has 2 aromatic heterocycles. The molecule has 9 heteroatoms. The van der Waals surface area contributed by atoms with Crippen molar-refractivity contribution in [3.05, 3.63) is 75.2 Å². The van der Waals surface area contributed by atoms with Crippen LogP contribution < -0.4 is 0 Å². The minimum absolute atomic E-state index is 0.0637. The highest BCUT2D eigenvalue weighted by Gasteiger charge is 2.39. The normalized spacial score (nSPS) is 18.3. The van der Waals surface area contributed by atoms with Gasteiger partial charge in [0.05, 0.1) is 10.9 Å². The van der Waals surface area contributed by atoms with Crippen LogP contribution in [0.2, 0.25) is 4.34 Å². The highest BCUT2D eigenvalue weighted by molar-refractivity contribution is 7.16. The maximum absolute atomic E-state index is 14.0. The van der Waals surface area contributed by atoms with Gasteiger partial charge < -0.3 is 4.90 Å². The molecule has 1 saturated carbocycles. The highest BCUT2D eigenvalue weighted by atomic mass is 35.5. The van der Waals surface area contributed by atoms with Gasteiger partial charge in [0.15, 0.2) is 5.69 Å². The van der Waals surface area contributed by atoms with Crippen LogP contribution in [0.15, 0.2) is 49.2 Å². The van der Waals surface area contributed by atoms with Gasteiger partial charge in [-0.05, 0) is 47.6 Å². The van der Waals surface area contributed by atoms with E-state index >= 15 is 0 Å². The first-order valence-corrected chi connectivity index (χ1v) is 11.9. The van der Waals surface area contributed by atoms with Crippen LogP contribution in [0, 0.1) is 5.92 Å². The van der Waals surface area contributed by atoms with Crippen molar-refractivity contribution in [1.29, 1.82) is 0 Å². The van der Waals surface area contributed by atoms with E-state index in [1.54, 1.807) is 17.0 Å². The van der Waals surface area contributed by atoms with Crippen molar-refractivity contribution < 1.29 is 18.0 Å². The molecule has 4 nitrogen and oxygen atoms in total. The molecule has 1 aliphatic carbocycles. The summed E-state index contributed by atoms with van der Waals surface area (Å²) in [4.78, 5) is 15.0. The predicted octanol–water partition coefficient (Wildman–Crippen LogP) is 6.35. The molecule has 5 rings (SSSR count). The van der Waals surface area contributed by atoms with Gasteiger partial charge >= 0.3 is 6.18 Å². The number of fused-ring (bicyclic) bond motifs is 1. The van der Waals surface area contributed by atoms with Gasteiger partial charge in [-0.15, -0.1) is 11.3 Å². The van der Waals surface area contributed by atoms with Crippen LogP contribution in [0.3, 0.4) is 0 Å². The van der Waals surface area contributed by atoms with Crippen molar-refractivity contribution in [2.75, 3.05) is 6.54 Å². The lowest BCUT2D eigenvalue weighted by atomic mass is 9.84. The second kappa shape index (κ2) is 8.33. The number of thiophene rings is 1. The largest absolute Gasteiger partial charge is 0.435 e. The molecule has 3 heterocycles. The van der Waals surface area contributed by atoms with Crippen molar-refractivity contribution in [1.82, 2.24) is 14.7 Å². The summed E-state index contributed by atoms with van der Waals surface area (Å²) in [7, 11) is 0. The Balaban J connectivity index is 1.63. The Morgan fingerprint density at radius 2 is 2.00 bits per heavy atom. The Labute approximate surface area is 198 Å². The number of aromatic nitrogens is 2. The zero-order chi connectivity index (χ0) is 23.3. The van der Waals surface area contributed by atoms with Crippen molar-refractivity contribution in [2.24, 2.45) is 5.92 Å².